The number of rotatable bonds is 7. The van der Waals surface area contributed by atoms with E-state index in [1.165, 1.54) is 25.7 Å². The van der Waals surface area contributed by atoms with Gasteiger partial charge in [0, 0.05) is 25.2 Å². The van der Waals surface area contributed by atoms with E-state index in [1.807, 2.05) is 6.92 Å². The molecular formula is C15H24N4O2. The highest BCUT2D eigenvalue weighted by Crippen LogP contribution is 2.29. The Labute approximate surface area is 125 Å². The highest BCUT2D eigenvalue weighted by molar-refractivity contribution is 5.90. The number of hydrogen-bond acceptors (Lipinski definition) is 5. The van der Waals surface area contributed by atoms with Crippen molar-refractivity contribution < 1.29 is 9.32 Å². The average Bonchev–Trinajstić information content (AvgIpc) is 2.92. The van der Waals surface area contributed by atoms with Gasteiger partial charge in [0.05, 0.1) is 12.2 Å². The minimum atomic E-state index is -0.0233. The number of aryl methyl sites for hydroxylation is 1. The number of carbonyl (C=O) groups is 1. The minimum absolute atomic E-state index is 0.0233. The fourth-order valence-corrected chi connectivity index (χ4v) is 2.90. The Balaban J connectivity index is 1.50. The molecule has 6 nitrogen and oxygen atoms in total. The van der Waals surface area contributed by atoms with Crippen molar-refractivity contribution in [2.24, 2.45) is 5.92 Å². The summed E-state index contributed by atoms with van der Waals surface area (Å²) in [5.74, 6) is 1.19. The SMILES string of the molecule is Cc1cc(NC(=O)CN(CC2CC2)CC2CCCN2)on1. The van der Waals surface area contributed by atoms with Crippen LogP contribution in [0.3, 0.4) is 0 Å². The van der Waals surface area contributed by atoms with Gasteiger partial charge in [-0.25, -0.2) is 0 Å². The van der Waals surface area contributed by atoms with Crippen LogP contribution in [0.15, 0.2) is 10.6 Å². The number of carbonyl (C=O) groups excluding carboxylic acids is 1. The van der Waals surface area contributed by atoms with Gasteiger partial charge in [-0.2, -0.15) is 0 Å². The van der Waals surface area contributed by atoms with Crippen LogP contribution in [0.4, 0.5) is 5.88 Å². The van der Waals surface area contributed by atoms with Gasteiger partial charge in [-0.3, -0.25) is 15.0 Å². The van der Waals surface area contributed by atoms with E-state index in [0.29, 0.717) is 18.5 Å². The number of anilines is 1. The quantitative estimate of drug-likeness (QED) is 0.794. The van der Waals surface area contributed by atoms with E-state index >= 15 is 0 Å². The first-order valence-corrected chi connectivity index (χ1v) is 7.88. The van der Waals surface area contributed by atoms with E-state index in [-0.39, 0.29) is 5.91 Å². The number of aromatic nitrogens is 1. The van der Waals surface area contributed by atoms with Gasteiger partial charge in [-0.05, 0) is 45.1 Å². The van der Waals surface area contributed by atoms with Crippen LogP contribution in [0.1, 0.15) is 31.4 Å². The summed E-state index contributed by atoms with van der Waals surface area (Å²) in [5.41, 5.74) is 0.773. The van der Waals surface area contributed by atoms with Crippen molar-refractivity contribution in [2.75, 3.05) is 31.5 Å². The molecule has 0 radical (unpaired) electrons. The van der Waals surface area contributed by atoms with E-state index in [1.54, 1.807) is 6.07 Å². The highest BCUT2D eigenvalue weighted by Gasteiger charge is 2.27. The van der Waals surface area contributed by atoms with Crippen LogP contribution < -0.4 is 10.6 Å². The molecule has 1 aromatic heterocycles. The summed E-state index contributed by atoms with van der Waals surface area (Å²) in [5, 5.41) is 10.1. The molecule has 1 atom stereocenters. The zero-order chi connectivity index (χ0) is 14.7. The van der Waals surface area contributed by atoms with E-state index in [2.05, 4.69) is 20.7 Å². The van der Waals surface area contributed by atoms with E-state index in [4.69, 9.17) is 4.52 Å². The molecule has 1 amide bonds. The van der Waals surface area contributed by atoms with Crippen molar-refractivity contribution in [3.05, 3.63) is 11.8 Å². The molecule has 116 valence electrons. The summed E-state index contributed by atoms with van der Waals surface area (Å²) in [4.78, 5) is 14.4. The summed E-state index contributed by atoms with van der Waals surface area (Å²) in [6, 6.07) is 2.27. The van der Waals surface area contributed by atoms with Crippen LogP contribution in [0.2, 0.25) is 0 Å². The van der Waals surface area contributed by atoms with Gasteiger partial charge in [0.15, 0.2) is 0 Å². The largest absolute Gasteiger partial charge is 0.338 e. The Bertz CT molecular complexity index is 478. The number of nitrogens with zero attached hydrogens (tertiary/aromatic N) is 2. The smallest absolute Gasteiger partial charge is 0.240 e. The second-order valence-corrected chi connectivity index (χ2v) is 6.31. The van der Waals surface area contributed by atoms with Gasteiger partial charge in [-0.1, -0.05) is 5.16 Å². The van der Waals surface area contributed by atoms with E-state index < -0.39 is 0 Å². The lowest BCUT2D eigenvalue weighted by molar-refractivity contribution is -0.117. The summed E-state index contributed by atoms with van der Waals surface area (Å²) in [6.07, 6.45) is 5.06. The first-order chi connectivity index (χ1) is 10.2. The second-order valence-electron chi connectivity index (χ2n) is 6.31. The molecule has 1 unspecified atom stereocenters. The Morgan fingerprint density at radius 3 is 2.95 bits per heavy atom. The maximum absolute atomic E-state index is 12.1. The maximum Gasteiger partial charge on any atom is 0.240 e. The summed E-state index contributed by atoms with van der Waals surface area (Å²) < 4.78 is 5.03. The monoisotopic (exact) mass is 292 g/mol. The number of nitrogens with one attached hydrogen (secondary N) is 2. The topological polar surface area (TPSA) is 70.4 Å². The molecule has 2 aliphatic rings. The predicted molar refractivity (Wildman–Crippen MR) is 80.1 cm³/mol. The van der Waals surface area contributed by atoms with E-state index in [0.717, 1.165) is 31.2 Å². The first-order valence-electron chi connectivity index (χ1n) is 7.88. The standard InChI is InChI=1S/C15H24N4O2/c1-11-7-15(21-18-11)17-14(20)10-19(8-12-4-5-12)9-13-3-2-6-16-13/h7,12-13,16H,2-6,8-10H2,1H3,(H,17,20). The number of amides is 1. The second kappa shape index (κ2) is 6.58. The normalized spacial score (nSPS) is 21.9. The van der Waals surface area contributed by atoms with Gasteiger partial charge >= 0.3 is 0 Å². The lowest BCUT2D eigenvalue weighted by atomic mass is 10.2. The third-order valence-electron chi connectivity index (χ3n) is 4.11. The molecule has 6 heteroatoms. The lowest BCUT2D eigenvalue weighted by Gasteiger charge is -2.24. The van der Waals surface area contributed by atoms with Crippen molar-refractivity contribution >= 4 is 11.8 Å². The first kappa shape index (κ1) is 14.5. The molecule has 0 aromatic carbocycles. The highest BCUT2D eigenvalue weighted by atomic mass is 16.5. The minimum Gasteiger partial charge on any atom is -0.338 e. The summed E-state index contributed by atoms with van der Waals surface area (Å²) >= 11 is 0. The molecular weight excluding hydrogens is 268 g/mol. The van der Waals surface area contributed by atoms with Gasteiger partial charge in [-0.15, -0.1) is 0 Å². The molecule has 0 spiro atoms. The zero-order valence-electron chi connectivity index (χ0n) is 12.6. The molecule has 21 heavy (non-hydrogen) atoms. The average molecular weight is 292 g/mol. The molecule has 2 N–H and O–H groups in total. The van der Waals surface area contributed by atoms with Gasteiger partial charge < -0.3 is 9.84 Å². The molecule has 1 saturated carbocycles. The molecule has 3 rings (SSSR count). The van der Waals surface area contributed by atoms with Crippen LogP contribution in [0, 0.1) is 12.8 Å². The van der Waals surface area contributed by atoms with Crippen LogP contribution >= 0.6 is 0 Å². The Morgan fingerprint density at radius 2 is 2.33 bits per heavy atom. The van der Waals surface area contributed by atoms with Crippen LogP contribution in [0.25, 0.3) is 0 Å². The van der Waals surface area contributed by atoms with Gasteiger partial charge in [0.25, 0.3) is 0 Å². The number of hydrogen-bond donors (Lipinski definition) is 2. The molecule has 1 aliphatic carbocycles. The van der Waals surface area contributed by atoms with Crippen molar-refractivity contribution in [1.29, 1.82) is 0 Å². The van der Waals surface area contributed by atoms with Crippen LogP contribution in [0.5, 0.6) is 0 Å². The molecule has 0 bridgehead atoms. The van der Waals surface area contributed by atoms with Crippen molar-refractivity contribution in [3.8, 4) is 0 Å². The molecule has 2 fully saturated rings. The summed E-state index contributed by atoms with van der Waals surface area (Å²) in [6.45, 7) is 5.35. The van der Waals surface area contributed by atoms with Crippen molar-refractivity contribution in [1.82, 2.24) is 15.4 Å². The van der Waals surface area contributed by atoms with Crippen LogP contribution in [-0.2, 0) is 4.79 Å². The summed E-state index contributed by atoms with van der Waals surface area (Å²) in [7, 11) is 0. The lowest BCUT2D eigenvalue weighted by Crippen LogP contribution is -2.42. The van der Waals surface area contributed by atoms with Crippen molar-refractivity contribution in [2.45, 2.75) is 38.6 Å². The Kier molecular flexibility index (Phi) is 4.55. The fraction of sp³-hybridized carbons (Fsp3) is 0.733. The van der Waals surface area contributed by atoms with Crippen LogP contribution in [-0.4, -0.2) is 48.2 Å². The molecule has 1 saturated heterocycles. The third kappa shape index (κ3) is 4.54. The molecule has 1 aliphatic heterocycles. The third-order valence-corrected chi connectivity index (χ3v) is 4.11. The molecule has 1 aromatic rings. The van der Waals surface area contributed by atoms with Gasteiger partial charge in [0.2, 0.25) is 11.8 Å². The Hall–Kier alpha value is -1.40. The van der Waals surface area contributed by atoms with Crippen molar-refractivity contribution in [3.63, 3.8) is 0 Å². The zero-order valence-corrected chi connectivity index (χ0v) is 12.6. The maximum atomic E-state index is 12.1. The van der Waals surface area contributed by atoms with E-state index in [9.17, 15) is 4.79 Å². The fourth-order valence-electron chi connectivity index (χ4n) is 2.90. The Morgan fingerprint density at radius 1 is 1.48 bits per heavy atom. The molecule has 2 heterocycles. The van der Waals surface area contributed by atoms with Gasteiger partial charge in [0.1, 0.15) is 0 Å². The predicted octanol–water partition coefficient (Wildman–Crippen LogP) is 1.39.